The lowest BCUT2D eigenvalue weighted by Gasteiger charge is -2.35. The SMILES string of the molecule is CCCCCCCCCCCCCCC(C[Si](OC)(OC)OC)C(C)(C)N.Cl. The van der Waals surface area contributed by atoms with Crippen LogP contribution < -0.4 is 5.73 Å². The first kappa shape index (κ1) is 30.5. The summed E-state index contributed by atoms with van der Waals surface area (Å²) in [5, 5.41) is 0. The summed E-state index contributed by atoms with van der Waals surface area (Å²) in [5.41, 5.74) is 6.20. The smallest absolute Gasteiger partial charge is 0.377 e. The largest absolute Gasteiger partial charge is 0.500 e. The molecule has 0 aliphatic heterocycles. The molecule has 0 aromatic rings. The van der Waals surface area contributed by atoms with Crippen LogP contribution in [0.2, 0.25) is 6.04 Å². The van der Waals surface area contributed by atoms with Gasteiger partial charge in [-0.15, -0.1) is 12.4 Å². The van der Waals surface area contributed by atoms with Gasteiger partial charge in [0.1, 0.15) is 0 Å². The summed E-state index contributed by atoms with van der Waals surface area (Å²) in [6.45, 7) is 6.50. The van der Waals surface area contributed by atoms with Crippen LogP contribution in [0.25, 0.3) is 0 Å². The molecule has 0 saturated carbocycles. The van der Waals surface area contributed by atoms with Crippen molar-refractivity contribution in [3.8, 4) is 0 Å². The van der Waals surface area contributed by atoms with Crippen LogP contribution in [0.4, 0.5) is 0 Å². The molecule has 0 aliphatic carbocycles. The van der Waals surface area contributed by atoms with E-state index in [0.29, 0.717) is 5.92 Å². The highest BCUT2D eigenvalue weighted by atomic mass is 35.5. The molecule has 0 aromatic carbocycles. The minimum absolute atomic E-state index is 0. The Morgan fingerprint density at radius 2 is 1.07 bits per heavy atom. The summed E-state index contributed by atoms with van der Waals surface area (Å²) in [7, 11) is 2.48. The average molecular weight is 440 g/mol. The van der Waals surface area contributed by atoms with E-state index in [1.54, 1.807) is 21.3 Å². The van der Waals surface area contributed by atoms with Gasteiger partial charge in [0, 0.05) is 32.9 Å². The van der Waals surface area contributed by atoms with E-state index in [0.717, 1.165) is 12.5 Å². The molecule has 0 spiro atoms. The van der Waals surface area contributed by atoms with Crippen molar-refractivity contribution in [3.63, 3.8) is 0 Å². The minimum atomic E-state index is -2.57. The van der Waals surface area contributed by atoms with E-state index < -0.39 is 8.80 Å². The van der Waals surface area contributed by atoms with Crippen LogP contribution in [-0.4, -0.2) is 35.7 Å². The standard InChI is InChI=1S/C22H49NO3Si.ClH/c1-7-8-9-10-11-12-13-14-15-16-17-18-19-21(22(2,3)23)20-27(24-4,25-5)26-6;/h21H,7-20,23H2,1-6H3;1H. The quantitative estimate of drug-likeness (QED) is 0.179. The lowest BCUT2D eigenvalue weighted by atomic mass is 9.85. The molecule has 0 aromatic heterocycles. The summed E-state index contributed by atoms with van der Waals surface area (Å²) in [6.07, 6.45) is 17.6. The average Bonchev–Trinajstić information content (AvgIpc) is 2.64. The molecule has 0 fully saturated rings. The molecule has 2 N–H and O–H groups in total. The van der Waals surface area contributed by atoms with E-state index in [-0.39, 0.29) is 17.9 Å². The van der Waals surface area contributed by atoms with Gasteiger partial charge in [-0.2, -0.15) is 0 Å². The van der Waals surface area contributed by atoms with Gasteiger partial charge >= 0.3 is 8.80 Å². The Morgan fingerprint density at radius 1 is 0.714 bits per heavy atom. The number of unbranched alkanes of at least 4 members (excludes halogenated alkanes) is 11. The van der Waals surface area contributed by atoms with Crippen molar-refractivity contribution in [3.05, 3.63) is 0 Å². The summed E-state index contributed by atoms with van der Waals surface area (Å²) in [5.74, 6) is 0.354. The molecule has 0 rings (SSSR count). The molecule has 0 amide bonds. The Morgan fingerprint density at radius 3 is 1.39 bits per heavy atom. The van der Waals surface area contributed by atoms with Crippen LogP contribution >= 0.6 is 12.4 Å². The maximum absolute atomic E-state index is 6.45. The molecule has 0 heterocycles. The molecule has 4 nitrogen and oxygen atoms in total. The number of hydrogen-bond acceptors (Lipinski definition) is 4. The molecule has 0 bridgehead atoms. The molecular formula is C22H50ClNO3Si. The van der Waals surface area contributed by atoms with Gasteiger partial charge in [-0.1, -0.05) is 84.0 Å². The summed E-state index contributed by atoms with van der Waals surface area (Å²) in [4.78, 5) is 0. The van der Waals surface area contributed by atoms with E-state index in [1.165, 1.54) is 77.0 Å². The van der Waals surface area contributed by atoms with Gasteiger partial charge in [0.25, 0.3) is 0 Å². The van der Waals surface area contributed by atoms with Crippen LogP contribution in [0.3, 0.4) is 0 Å². The zero-order valence-electron chi connectivity index (χ0n) is 19.7. The van der Waals surface area contributed by atoms with E-state index in [1.807, 2.05) is 0 Å². The zero-order valence-corrected chi connectivity index (χ0v) is 21.5. The molecule has 1 atom stereocenters. The monoisotopic (exact) mass is 439 g/mol. The van der Waals surface area contributed by atoms with Gasteiger partial charge in [-0.05, 0) is 26.2 Å². The van der Waals surface area contributed by atoms with Crippen LogP contribution in [0.1, 0.15) is 104 Å². The van der Waals surface area contributed by atoms with Crippen molar-refractivity contribution in [2.45, 2.75) is 116 Å². The predicted molar refractivity (Wildman–Crippen MR) is 126 cm³/mol. The molecule has 28 heavy (non-hydrogen) atoms. The third kappa shape index (κ3) is 14.3. The Labute approximate surface area is 183 Å². The molecule has 172 valence electrons. The molecule has 1 unspecified atom stereocenters. The number of halogens is 1. The third-order valence-electron chi connectivity index (χ3n) is 5.89. The second-order valence-corrected chi connectivity index (χ2v) is 11.7. The fraction of sp³-hybridized carbons (Fsp3) is 1.00. The van der Waals surface area contributed by atoms with Crippen LogP contribution in [0, 0.1) is 5.92 Å². The molecule has 6 heteroatoms. The lowest BCUT2D eigenvalue weighted by Crippen LogP contribution is -2.50. The van der Waals surface area contributed by atoms with Gasteiger partial charge < -0.3 is 19.0 Å². The summed E-state index contributed by atoms with van der Waals surface area (Å²) in [6, 6.07) is 0.790. The minimum Gasteiger partial charge on any atom is -0.377 e. The predicted octanol–water partition coefficient (Wildman–Crippen LogP) is 6.73. The first-order valence-electron chi connectivity index (χ1n) is 11.3. The molecular weight excluding hydrogens is 390 g/mol. The lowest BCUT2D eigenvalue weighted by molar-refractivity contribution is 0.111. The van der Waals surface area contributed by atoms with Gasteiger partial charge in [-0.25, -0.2) is 0 Å². The number of rotatable bonds is 19. The molecule has 0 radical (unpaired) electrons. The highest BCUT2D eigenvalue weighted by molar-refractivity contribution is 6.60. The van der Waals surface area contributed by atoms with E-state index in [4.69, 9.17) is 19.0 Å². The first-order chi connectivity index (χ1) is 12.8. The van der Waals surface area contributed by atoms with Crippen molar-refractivity contribution in [1.82, 2.24) is 0 Å². The Kier molecular flexibility index (Phi) is 19.8. The Hall–Kier alpha value is 0.347. The molecule has 0 saturated heterocycles. The summed E-state index contributed by atoms with van der Waals surface area (Å²) >= 11 is 0. The van der Waals surface area contributed by atoms with Crippen molar-refractivity contribution in [1.29, 1.82) is 0 Å². The van der Waals surface area contributed by atoms with Crippen LogP contribution in [-0.2, 0) is 13.3 Å². The highest BCUT2D eigenvalue weighted by Crippen LogP contribution is 2.31. The van der Waals surface area contributed by atoms with Gasteiger partial charge in [0.05, 0.1) is 0 Å². The maximum Gasteiger partial charge on any atom is 0.500 e. The fourth-order valence-corrected chi connectivity index (χ4v) is 6.10. The summed E-state index contributed by atoms with van der Waals surface area (Å²) < 4.78 is 16.8. The van der Waals surface area contributed by atoms with E-state index in [9.17, 15) is 0 Å². The van der Waals surface area contributed by atoms with Crippen LogP contribution in [0.15, 0.2) is 0 Å². The second kappa shape index (κ2) is 18.1. The van der Waals surface area contributed by atoms with Crippen LogP contribution in [0.5, 0.6) is 0 Å². The van der Waals surface area contributed by atoms with Gasteiger partial charge in [-0.3, -0.25) is 0 Å². The van der Waals surface area contributed by atoms with Crippen molar-refractivity contribution in [2.24, 2.45) is 11.7 Å². The highest BCUT2D eigenvalue weighted by Gasteiger charge is 2.43. The Bertz CT molecular complexity index is 328. The van der Waals surface area contributed by atoms with E-state index >= 15 is 0 Å². The third-order valence-corrected chi connectivity index (χ3v) is 8.75. The van der Waals surface area contributed by atoms with Gasteiger partial charge in [0.15, 0.2) is 0 Å². The fourth-order valence-electron chi connectivity index (χ4n) is 3.77. The van der Waals surface area contributed by atoms with Crippen molar-refractivity contribution >= 4 is 21.2 Å². The first-order valence-corrected chi connectivity index (χ1v) is 13.2. The number of nitrogens with two attached hydrogens (primary N) is 1. The topological polar surface area (TPSA) is 53.7 Å². The zero-order chi connectivity index (χ0) is 20.6. The van der Waals surface area contributed by atoms with Crippen molar-refractivity contribution in [2.75, 3.05) is 21.3 Å². The van der Waals surface area contributed by atoms with Crippen molar-refractivity contribution < 1.29 is 13.3 Å². The van der Waals surface area contributed by atoms with Gasteiger partial charge in [0.2, 0.25) is 0 Å². The molecule has 0 aliphatic rings. The number of hydrogen-bond donors (Lipinski definition) is 1. The normalized spacial score (nSPS) is 13.4. The van der Waals surface area contributed by atoms with E-state index in [2.05, 4.69) is 20.8 Å². The second-order valence-electron chi connectivity index (χ2n) is 8.70. The maximum atomic E-state index is 6.45. The Balaban J connectivity index is 0.